The lowest BCUT2D eigenvalue weighted by atomic mass is 9.97. The molecule has 0 aromatic heterocycles. The van der Waals surface area contributed by atoms with Gasteiger partial charge in [-0.1, -0.05) is 12.1 Å². The maximum atomic E-state index is 9.14. The largest absolute Gasteiger partial charge is 0.396 e. The van der Waals surface area contributed by atoms with Gasteiger partial charge in [0.05, 0.1) is 6.21 Å². The fourth-order valence-electron chi connectivity index (χ4n) is 2.31. The molecule has 0 radical (unpaired) electrons. The first kappa shape index (κ1) is 14.3. The number of nitrogens with zero attached hydrogens (tertiary/aromatic N) is 3. The van der Waals surface area contributed by atoms with E-state index in [1.165, 1.54) is 5.69 Å². The van der Waals surface area contributed by atoms with Gasteiger partial charge in [0.15, 0.2) is 0 Å². The van der Waals surface area contributed by atoms with E-state index >= 15 is 0 Å². The van der Waals surface area contributed by atoms with Crippen LogP contribution < -0.4 is 16.4 Å². The highest BCUT2D eigenvalue weighted by Gasteiger charge is 2.18. The molecule has 1 fully saturated rings. The zero-order chi connectivity index (χ0) is 14.4. The Hall–Kier alpha value is -2.08. The van der Waals surface area contributed by atoms with Gasteiger partial charge in [-0.15, -0.1) is 5.10 Å². The number of hydrogen-bond acceptors (Lipinski definition) is 4. The molecular formula is C14H21N5O. The van der Waals surface area contributed by atoms with E-state index in [0.717, 1.165) is 31.5 Å². The van der Waals surface area contributed by atoms with Gasteiger partial charge in [0.1, 0.15) is 0 Å². The predicted octanol–water partition coefficient (Wildman–Crippen LogP) is 0.503. The summed E-state index contributed by atoms with van der Waals surface area (Å²) in [6.45, 7) is 2.29. The fourth-order valence-corrected chi connectivity index (χ4v) is 2.31. The summed E-state index contributed by atoms with van der Waals surface area (Å²) >= 11 is 0. The summed E-state index contributed by atoms with van der Waals surface area (Å²) in [5.41, 5.74) is 12.5. The lowest BCUT2D eigenvalue weighted by molar-refractivity contribution is 0.203. The lowest BCUT2D eigenvalue weighted by Gasteiger charge is -2.32. The summed E-state index contributed by atoms with van der Waals surface area (Å²) in [5, 5.41) is 16.5. The molecular weight excluding hydrogens is 254 g/mol. The van der Waals surface area contributed by atoms with E-state index in [9.17, 15) is 0 Å². The molecule has 1 aromatic rings. The fraction of sp³-hybridized carbons (Fsp3) is 0.429. The van der Waals surface area contributed by atoms with Crippen LogP contribution in [0, 0.1) is 5.92 Å². The first-order chi connectivity index (χ1) is 9.69. The number of hydrogen-bond donors (Lipinski definition) is 3. The van der Waals surface area contributed by atoms with Gasteiger partial charge in [-0.2, -0.15) is 5.10 Å². The number of nitrogens with two attached hydrogens (primary N) is 2. The molecule has 1 saturated heterocycles. The van der Waals surface area contributed by atoms with Crippen molar-refractivity contribution in [2.75, 3.05) is 24.6 Å². The van der Waals surface area contributed by atoms with Crippen LogP contribution in [0.4, 0.5) is 5.69 Å². The Bertz CT molecular complexity index is 471. The number of benzene rings is 1. The first-order valence-corrected chi connectivity index (χ1v) is 6.77. The topological polar surface area (TPSA) is 100 Å². The van der Waals surface area contributed by atoms with Gasteiger partial charge in [0.25, 0.3) is 0 Å². The number of rotatable bonds is 4. The third kappa shape index (κ3) is 3.96. The molecule has 1 aromatic carbocycles. The van der Waals surface area contributed by atoms with Crippen LogP contribution in [0.3, 0.4) is 0 Å². The Labute approximate surface area is 118 Å². The van der Waals surface area contributed by atoms with Gasteiger partial charge in [0.2, 0.25) is 5.96 Å². The third-order valence-corrected chi connectivity index (χ3v) is 3.51. The highest BCUT2D eigenvalue weighted by Crippen LogP contribution is 2.23. The molecule has 1 aliphatic heterocycles. The molecule has 0 amide bonds. The van der Waals surface area contributed by atoms with Crippen molar-refractivity contribution < 1.29 is 5.11 Å². The first-order valence-electron chi connectivity index (χ1n) is 6.77. The van der Waals surface area contributed by atoms with E-state index in [2.05, 4.69) is 27.2 Å². The average molecular weight is 275 g/mol. The van der Waals surface area contributed by atoms with Gasteiger partial charge >= 0.3 is 0 Å². The maximum Gasteiger partial charge on any atom is 0.211 e. The highest BCUT2D eigenvalue weighted by atomic mass is 16.3. The van der Waals surface area contributed by atoms with Crippen LogP contribution in [0.15, 0.2) is 34.5 Å². The molecule has 1 aliphatic rings. The minimum absolute atomic E-state index is 0.0513. The normalized spacial score (nSPS) is 16.6. The summed E-state index contributed by atoms with van der Waals surface area (Å²) in [6.07, 6.45) is 3.70. The average Bonchev–Trinajstić information content (AvgIpc) is 2.48. The summed E-state index contributed by atoms with van der Waals surface area (Å²) < 4.78 is 0. The van der Waals surface area contributed by atoms with E-state index in [1.54, 1.807) is 6.21 Å². The van der Waals surface area contributed by atoms with Gasteiger partial charge < -0.3 is 21.5 Å². The zero-order valence-corrected chi connectivity index (χ0v) is 11.4. The minimum atomic E-state index is -0.0513. The van der Waals surface area contributed by atoms with E-state index in [4.69, 9.17) is 16.6 Å². The smallest absolute Gasteiger partial charge is 0.211 e. The van der Waals surface area contributed by atoms with Crippen LogP contribution in [0.25, 0.3) is 0 Å². The molecule has 108 valence electrons. The van der Waals surface area contributed by atoms with Crippen molar-refractivity contribution in [2.45, 2.75) is 12.8 Å². The molecule has 6 heteroatoms. The molecule has 0 atom stereocenters. The standard InChI is InChI=1S/C14H21N5O/c15-14(16)18-17-9-11-1-3-13(4-2-11)19-7-5-12(10-20)6-8-19/h1-4,9,12,20H,5-8,10H2,(H4,15,16,18). The number of piperidine rings is 1. The van der Waals surface area contributed by atoms with Crippen LogP contribution >= 0.6 is 0 Å². The van der Waals surface area contributed by atoms with Crippen molar-refractivity contribution in [3.63, 3.8) is 0 Å². The van der Waals surface area contributed by atoms with E-state index in [-0.39, 0.29) is 5.96 Å². The Morgan fingerprint density at radius 3 is 2.45 bits per heavy atom. The molecule has 0 bridgehead atoms. The predicted molar refractivity (Wildman–Crippen MR) is 81.9 cm³/mol. The van der Waals surface area contributed by atoms with Crippen LogP contribution in [-0.2, 0) is 0 Å². The lowest BCUT2D eigenvalue weighted by Crippen LogP contribution is -2.34. The van der Waals surface area contributed by atoms with Crippen molar-refractivity contribution in [3.8, 4) is 0 Å². The molecule has 0 unspecified atom stereocenters. The molecule has 2 rings (SSSR count). The second-order valence-electron chi connectivity index (χ2n) is 4.97. The second-order valence-corrected chi connectivity index (χ2v) is 4.97. The molecule has 0 aliphatic carbocycles. The van der Waals surface area contributed by atoms with E-state index < -0.39 is 0 Å². The van der Waals surface area contributed by atoms with Crippen LogP contribution in [-0.4, -0.2) is 37.0 Å². The van der Waals surface area contributed by atoms with Crippen molar-refractivity contribution in [2.24, 2.45) is 27.6 Å². The quantitative estimate of drug-likeness (QED) is 0.423. The van der Waals surface area contributed by atoms with Gasteiger partial charge in [0, 0.05) is 25.4 Å². The SMILES string of the molecule is NC(N)=NN=Cc1ccc(N2CCC(CO)CC2)cc1. The highest BCUT2D eigenvalue weighted by molar-refractivity contribution is 5.82. The molecule has 5 N–H and O–H groups in total. The molecule has 20 heavy (non-hydrogen) atoms. The Morgan fingerprint density at radius 2 is 1.90 bits per heavy atom. The third-order valence-electron chi connectivity index (χ3n) is 3.51. The van der Waals surface area contributed by atoms with Gasteiger partial charge in [-0.3, -0.25) is 0 Å². The van der Waals surface area contributed by atoms with Crippen molar-refractivity contribution >= 4 is 17.9 Å². The molecule has 1 heterocycles. The second kappa shape index (κ2) is 6.91. The number of aliphatic hydroxyl groups excluding tert-OH is 1. The Balaban J connectivity index is 1.95. The number of guanidine groups is 1. The minimum Gasteiger partial charge on any atom is -0.396 e. The van der Waals surface area contributed by atoms with Crippen LogP contribution in [0.2, 0.25) is 0 Å². The van der Waals surface area contributed by atoms with Crippen LogP contribution in [0.5, 0.6) is 0 Å². The summed E-state index contributed by atoms with van der Waals surface area (Å²) in [6, 6.07) is 8.10. The summed E-state index contributed by atoms with van der Waals surface area (Å²) in [4.78, 5) is 2.34. The molecule has 6 nitrogen and oxygen atoms in total. The van der Waals surface area contributed by atoms with Gasteiger partial charge in [-0.25, -0.2) is 0 Å². The summed E-state index contributed by atoms with van der Waals surface area (Å²) in [5.74, 6) is 0.405. The zero-order valence-electron chi connectivity index (χ0n) is 11.4. The Kier molecular flexibility index (Phi) is 4.95. The van der Waals surface area contributed by atoms with Crippen molar-refractivity contribution in [1.82, 2.24) is 0 Å². The molecule has 0 saturated carbocycles. The maximum absolute atomic E-state index is 9.14. The van der Waals surface area contributed by atoms with Crippen molar-refractivity contribution in [3.05, 3.63) is 29.8 Å². The Morgan fingerprint density at radius 1 is 1.25 bits per heavy atom. The number of anilines is 1. The van der Waals surface area contributed by atoms with Crippen LogP contribution in [0.1, 0.15) is 18.4 Å². The monoisotopic (exact) mass is 275 g/mol. The summed E-state index contributed by atoms with van der Waals surface area (Å²) in [7, 11) is 0. The van der Waals surface area contributed by atoms with E-state index in [1.807, 2.05) is 12.1 Å². The number of aliphatic hydroxyl groups is 1. The van der Waals surface area contributed by atoms with Gasteiger partial charge in [-0.05, 0) is 36.5 Å². The van der Waals surface area contributed by atoms with Crippen molar-refractivity contribution in [1.29, 1.82) is 0 Å². The van der Waals surface area contributed by atoms with E-state index in [0.29, 0.717) is 12.5 Å². The molecule has 0 spiro atoms.